The number of fused-ring (bicyclic) bond motifs is 9. The van der Waals surface area contributed by atoms with Gasteiger partial charge < -0.3 is 13.7 Å². The van der Waals surface area contributed by atoms with Crippen LogP contribution in [-0.4, -0.2) is 13.7 Å². The van der Waals surface area contributed by atoms with E-state index in [9.17, 15) is 5.26 Å². The van der Waals surface area contributed by atoms with Gasteiger partial charge in [-0.3, -0.25) is 0 Å². The molecule has 0 fully saturated rings. The van der Waals surface area contributed by atoms with Crippen LogP contribution in [0.25, 0.3) is 98.5 Å². The van der Waals surface area contributed by atoms with E-state index in [4.69, 9.17) is 6.57 Å². The molecule has 0 spiro atoms. The summed E-state index contributed by atoms with van der Waals surface area (Å²) in [4.78, 5) is 3.67. The zero-order valence-corrected chi connectivity index (χ0v) is 29.5. The second-order valence-electron chi connectivity index (χ2n) is 14.0. The molecule has 5 nitrogen and oxygen atoms in total. The van der Waals surface area contributed by atoms with Gasteiger partial charge in [-0.1, -0.05) is 97.1 Å². The first-order chi connectivity index (χ1) is 27.2. The third kappa shape index (κ3) is 4.51. The number of aromatic nitrogens is 3. The van der Waals surface area contributed by atoms with Gasteiger partial charge in [0.15, 0.2) is 5.69 Å². The summed E-state index contributed by atoms with van der Waals surface area (Å²) in [6.45, 7) is 7.56. The molecule has 8 aromatic carbocycles. The van der Waals surface area contributed by atoms with Crippen LogP contribution < -0.4 is 0 Å². The summed E-state index contributed by atoms with van der Waals surface area (Å²) in [5.41, 5.74) is 12.7. The van der Waals surface area contributed by atoms with Gasteiger partial charge in [0.05, 0.1) is 51.3 Å². The predicted octanol–water partition coefficient (Wildman–Crippen LogP) is 13.1. The number of para-hydroxylation sites is 4. The number of rotatable bonds is 4. The molecule has 0 aliphatic heterocycles. The van der Waals surface area contributed by atoms with Crippen molar-refractivity contribution >= 4 is 71.1 Å². The molecule has 0 radical (unpaired) electrons. The minimum Gasteiger partial charge on any atom is -0.309 e. The van der Waals surface area contributed by atoms with E-state index in [-0.39, 0.29) is 0 Å². The van der Waals surface area contributed by atoms with Crippen LogP contribution in [-0.2, 0) is 0 Å². The normalized spacial score (nSPS) is 11.6. The minimum absolute atomic E-state index is 0.594. The van der Waals surface area contributed by atoms with Crippen LogP contribution in [0.15, 0.2) is 176 Å². The average molecular weight is 700 g/mol. The molecule has 55 heavy (non-hydrogen) atoms. The van der Waals surface area contributed by atoms with Crippen molar-refractivity contribution in [1.29, 1.82) is 5.26 Å². The largest absolute Gasteiger partial charge is 0.309 e. The molecule has 0 saturated carbocycles. The molecule has 0 aliphatic carbocycles. The van der Waals surface area contributed by atoms with Crippen molar-refractivity contribution in [3.8, 4) is 34.3 Å². The highest BCUT2D eigenvalue weighted by molar-refractivity contribution is 6.13. The summed E-state index contributed by atoms with van der Waals surface area (Å²) in [6.07, 6.45) is 0. The number of benzene rings is 8. The van der Waals surface area contributed by atoms with E-state index < -0.39 is 0 Å². The van der Waals surface area contributed by atoms with Crippen molar-refractivity contribution in [3.63, 3.8) is 0 Å². The quantitative estimate of drug-likeness (QED) is 0.169. The van der Waals surface area contributed by atoms with Gasteiger partial charge in [0, 0.05) is 44.0 Å². The molecule has 254 valence electrons. The highest BCUT2D eigenvalue weighted by Gasteiger charge is 2.18. The molecule has 0 amide bonds. The number of nitriles is 1. The molecular weight excluding hydrogens is 671 g/mol. The van der Waals surface area contributed by atoms with Gasteiger partial charge >= 0.3 is 0 Å². The first-order valence-corrected chi connectivity index (χ1v) is 18.3. The van der Waals surface area contributed by atoms with Gasteiger partial charge in [-0.25, -0.2) is 4.85 Å². The molecule has 5 heteroatoms. The Kier molecular flexibility index (Phi) is 6.61. The van der Waals surface area contributed by atoms with Gasteiger partial charge in [0.1, 0.15) is 0 Å². The van der Waals surface area contributed by atoms with Gasteiger partial charge in [-0.2, -0.15) is 5.26 Å². The first kappa shape index (κ1) is 30.7. The number of hydrogen-bond acceptors (Lipinski definition) is 1. The van der Waals surface area contributed by atoms with Crippen molar-refractivity contribution in [1.82, 2.24) is 13.7 Å². The maximum atomic E-state index is 10.6. The van der Waals surface area contributed by atoms with E-state index >= 15 is 0 Å². The monoisotopic (exact) mass is 699 g/mol. The Balaban J connectivity index is 1.06. The second kappa shape index (κ2) is 11.8. The number of hydrogen-bond donors (Lipinski definition) is 0. The predicted molar refractivity (Wildman–Crippen MR) is 226 cm³/mol. The van der Waals surface area contributed by atoms with Gasteiger partial charge in [-0.05, 0) is 95.4 Å². The second-order valence-corrected chi connectivity index (χ2v) is 14.0. The summed E-state index contributed by atoms with van der Waals surface area (Å²) < 4.78 is 6.89. The SMILES string of the molecule is [C-]#[N+]c1ccc2c(c1)c1ccccc1n2-c1ccc(-c2cccc(-n3c4ccccc4c4cc(-n5c6ccccc6c6ccccc65)ccc43)c2)c(C#N)c1. The Hall–Kier alpha value is -7.86. The van der Waals surface area contributed by atoms with Gasteiger partial charge in [-0.15, -0.1) is 0 Å². The highest BCUT2D eigenvalue weighted by Crippen LogP contribution is 2.39. The summed E-state index contributed by atoms with van der Waals surface area (Å²) in [5.74, 6) is 0. The molecule has 0 atom stereocenters. The van der Waals surface area contributed by atoms with E-state index in [1.165, 1.54) is 32.6 Å². The topological polar surface area (TPSA) is 42.9 Å². The lowest BCUT2D eigenvalue weighted by molar-refractivity contribution is 1.16. The van der Waals surface area contributed by atoms with E-state index in [2.05, 4.69) is 164 Å². The zero-order valence-electron chi connectivity index (χ0n) is 29.5. The number of nitrogens with zero attached hydrogens (tertiary/aromatic N) is 5. The molecule has 0 saturated heterocycles. The lowest BCUT2D eigenvalue weighted by Gasteiger charge is -2.13. The standard InChI is InChI=1S/C50H29N5/c1-52-34-21-25-49-43(29-34)41-15-4-8-19-47(41)54(49)36-22-24-38(33(28-36)31-51)32-11-10-12-35(27-32)53-48-20-9-5-16-42(48)44-30-37(23-26-50(44)53)55-45-17-6-2-13-39(45)40-14-3-7-18-46(40)55/h2-30H. The fourth-order valence-electron chi connectivity index (χ4n) is 8.72. The van der Waals surface area contributed by atoms with Crippen LogP contribution in [0.5, 0.6) is 0 Å². The maximum Gasteiger partial charge on any atom is 0.188 e. The third-order valence-corrected chi connectivity index (χ3v) is 11.1. The van der Waals surface area contributed by atoms with Crippen LogP contribution in [0.1, 0.15) is 5.56 Å². The Bertz CT molecular complexity index is 3420. The summed E-state index contributed by atoms with van der Waals surface area (Å²) in [6, 6.07) is 63.8. The molecule has 11 rings (SSSR count). The lowest BCUT2D eigenvalue weighted by atomic mass is 9.99. The summed E-state index contributed by atoms with van der Waals surface area (Å²) in [5, 5.41) is 17.5. The summed E-state index contributed by atoms with van der Waals surface area (Å²) in [7, 11) is 0. The van der Waals surface area contributed by atoms with Crippen LogP contribution >= 0.6 is 0 Å². The van der Waals surface area contributed by atoms with Crippen molar-refractivity contribution in [2.45, 2.75) is 0 Å². The zero-order chi connectivity index (χ0) is 36.6. The molecule has 0 bridgehead atoms. The minimum atomic E-state index is 0.594. The van der Waals surface area contributed by atoms with E-state index in [0.717, 1.165) is 61.0 Å². The lowest BCUT2D eigenvalue weighted by Crippen LogP contribution is -1.97. The molecule has 3 aromatic heterocycles. The van der Waals surface area contributed by atoms with Crippen molar-refractivity contribution < 1.29 is 0 Å². The highest BCUT2D eigenvalue weighted by atomic mass is 15.0. The van der Waals surface area contributed by atoms with Crippen LogP contribution in [0.4, 0.5) is 5.69 Å². The van der Waals surface area contributed by atoms with E-state index in [0.29, 0.717) is 11.3 Å². The molecule has 0 unspecified atom stereocenters. The molecule has 0 N–H and O–H groups in total. The third-order valence-electron chi connectivity index (χ3n) is 11.1. The van der Waals surface area contributed by atoms with Crippen LogP contribution in [0, 0.1) is 17.9 Å². The van der Waals surface area contributed by atoms with Crippen molar-refractivity contribution in [2.24, 2.45) is 0 Å². The average Bonchev–Trinajstić information content (AvgIpc) is 3.88. The summed E-state index contributed by atoms with van der Waals surface area (Å²) >= 11 is 0. The first-order valence-electron chi connectivity index (χ1n) is 18.3. The molecule has 11 aromatic rings. The fourth-order valence-corrected chi connectivity index (χ4v) is 8.72. The van der Waals surface area contributed by atoms with Crippen molar-refractivity contribution in [2.75, 3.05) is 0 Å². The molecule has 0 aliphatic rings. The molecule has 3 heterocycles. The van der Waals surface area contributed by atoms with Gasteiger partial charge in [0.2, 0.25) is 0 Å². The Morgan fingerprint density at radius 1 is 0.400 bits per heavy atom. The molecular formula is C50H29N5. The Morgan fingerprint density at radius 2 is 0.855 bits per heavy atom. The fraction of sp³-hybridized carbons (Fsp3) is 0. The van der Waals surface area contributed by atoms with E-state index in [1.54, 1.807) is 0 Å². The van der Waals surface area contributed by atoms with E-state index in [1.807, 2.05) is 36.4 Å². The van der Waals surface area contributed by atoms with Gasteiger partial charge in [0.25, 0.3) is 0 Å². The Morgan fingerprint density at radius 3 is 1.42 bits per heavy atom. The van der Waals surface area contributed by atoms with Crippen molar-refractivity contribution in [3.05, 3.63) is 193 Å². The maximum absolute atomic E-state index is 10.6. The smallest absolute Gasteiger partial charge is 0.188 e. The van der Waals surface area contributed by atoms with Crippen LogP contribution in [0.2, 0.25) is 0 Å². The Labute approximate surface area is 316 Å². The van der Waals surface area contributed by atoms with Crippen LogP contribution in [0.3, 0.4) is 0 Å².